The zero-order valence-corrected chi connectivity index (χ0v) is 13.0. The summed E-state index contributed by atoms with van der Waals surface area (Å²) in [4.78, 5) is 10.4. The van der Waals surface area contributed by atoms with E-state index in [2.05, 4.69) is 14.9 Å². The Hall–Kier alpha value is -2.05. The molecule has 2 N–H and O–H groups in total. The molecule has 1 saturated heterocycles. The zero-order chi connectivity index (χ0) is 16.1. The molecular weight excluding hydrogens is 295 g/mol. The highest BCUT2D eigenvalue weighted by Crippen LogP contribution is 2.15. The highest BCUT2D eigenvalue weighted by molar-refractivity contribution is 5.31. The summed E-state index contributed by atoms with van der Waals surface area (Å²) >= 11 is 0. The van der Waals surface area contributed by atoms with Gasteiger partial charge in [0.1, 0.15) is 11.6 Å². The number of ether oxygens (including phenoxy) is 1. The molecule has 1 atom stereocenters. The van der Waals surface area contributed by atoms with Crippen LogP contribution in [0.2, 0.25) is 0 Å². The summed E-state index contributed by atoms with van der Waals surface area (Å²) in [7, 11) is 0. The van der Waals surface area contributed by atoms with E-state index in [0.717, 1.165) is 38.2 Å². The van der Waals surface area contributed by atoms with Gasteiger partial charge in [-0.1, -0.05) is 0 Å². The molecule has 0 unspecified atom stereocenters. The molecule has 6 heteroatoms. The van der Waals surface area contributed by atoms with Crippen molar-refractivity contribution in [2.75, 3.05) is 25.4 Å². The van der Waals surface area contributed by atoms with Gasteiger partial charge in [-0.15, -0.1) is 0 Å². The van der Waals surface area contributed by atoms with Crippen molar-refractivity contribution >= 4 is 5.82 Å². The van der Waals surface area contributed by atoms with Gasteiger partial charge in [0.25, 0.3) is 0 Å². The van der Waals surface area contributed by atoms with Crippen LogP contribution in [0.5, 0.6) is 0 Å². The highest BCUT2D eigenvalue weighted by Gasteiger charge is 2.20. The molecule has 2 aromatic heterocycles. The zero-order valence-electron chi connectivity index (χ0n) is 13.0. The van der Waals surface area contributed by atoms with Crippen LogP contribution in [0.1, 0.15) is 17.7 Å². The van der Waals surface area contributed by atoms with Crippen molar-refractivity contribution in [1.29, 1.82) is 0 Å². The first-order valence-corrected chi connectivity index (χ1v) is 7.84. The van der Waals surface area contributed by atoms with E-state index >= 15 is 0 Å². The standard InChI is InChI=1S/C17H21FN4O/c18-14-2-3-15(21-10-14)11-22-7-8-23-16(12-22)4-1-13-5-6-20-17(19)9-13/h2-3,5-6,9-10,16H,1,4,7-8,11-12H2,(H2,19,20)/t16-/m1/s1. The first-order valence-electron chi connectivity index (χ1n) is 7.84. The Bertz CT molecular complexity index is 635. The van der Waals surface area contributed by atoms with Crippen LogP contribution >= 0.6 is 0 Å². The van der Waals surface area contributed by atoms with E-state index in [1.165, 1.54) is 17.8 Å². The molecule has 0 amide bonds. The smallest absolute Gasteiger partial charge is 0.141 e. The van der Waals surface area contributed by atoms with Gasteiger partial charge in [-0.25, -0.2) is 9.37 Å². The number of nitrogens with zero attached hydrogens (tertiary/aromatic N) is 3. The van der Waals surface area contributed by atoms with Crippen LogP contribution in [0.4, 0.5) is 10.2 Å². The third-order valence-electron chi connectivity index (χ3n) is 4.00. The maximum Gasteiger partial charge on any atom is 0.141 e. The number of pyridine rings is 2. The number of halogens is 1. The Kier molecular flexibility index (Phi) is 5.15. The van der Waals surface area contributed by atoms with Gasteiger partial charge in [0.2, 0.25) is 0 Å². The molecule has 1 aliphatic heterocycles. The number of hydrogen-bond donors (Lipinski definition) is 1. The molecule has 23 heavy (non-hydrogen) atoms. The van der Waals surface area contributed by atoms with E-state index in [1.807, 2.05) is 12.1 Å². The summed E-state index contributed by atoms with van der Waals surface area (Å²) in [5, 5.41) is 0. The second-order valence-corrected chi connectivity index (χ2v) is 5.82. The van der Waals surface area contributed by atoms with Crippen molar-refractivity contribution in [1.82, 2.24) is 14.9 Å². The lowest BCUT2D eigenvalue weighted by molar-refractivity contribution is -0.0349. The van der Waals surface area contributed by atoms with E-state index in [4.69, 9.17) is 10.5 Å². The van der Waals surface area contributed by atoms with Gasteiger partial charge < -0.3 is 10.5 Å². The second-order valence-electron chi connectivity index (χ2n) is 5.82. The Morgan fingerprint density at radius 1 is 1.30 bits per heavy atom. The number of hydrogen-bond acceptors (Lipinski definition) is 5. The van der Waals surface area contributed by atoms with Crippen LogP contribution < -0.4 is 5.73 Å². The predicted octanol–water partition coefficient (Wildman–Crippen LogP) is 2.03. The molecule has 3 heterocycles. The van der Waals surface area contributed by atoms with Crippen molar-refractivity contribution in [3.63, 3.8) is 0 Å². The topological polar surface area (TPSA) is 64.3 Å². The normalized spacial score (nSPS) is 18.9. The lowest BCUT2D eigenvalue weighted by atomic mass is 10.1. The number of aryl methyl sites for hydroxylation is 1. The van der Waals surface area contributed by atoms with Crippen molar-refractivity contribution in [3.8, 4) is 0 Å². The third kappa shape index (κ3) is 4.71. The molecule has 3 rings (SSSR count). The minimum absolute atomic E-state index is 0.193. The quantitative estimate of drug-likeness (QED) is 0.914. The van der Waals surface area contributed by atoms with Crippen LogP contribution in [0.15, 0.2) is 36.7 Å². The summed E-state index contributed by atoms with van der Waals surface area (Å²) in [6.07, 6.45) is 5.05. The molecule has 2 aromatic rings. The van der Waals surface area contributed by atoms with Crippen LogP contribution in [-0.2, 0) is 17.7 Å². The van der Waals surface area contributed by atoms with E-state index < -0.39 is 0 Å². The number of nitrogen functional groups attached to an aromatic ring is 1. The van der Waals surface area contributed by atoms with Crippen LogP contribution in [-0.4, -0.2) is 40.7 Å². The van der Waals surface area contributed by atoms with Crippen molar-refractivity contribution in [2.45, 2.75) is 25.5 Å². The SMILES string of the molecule is Nc1cc(CC[C@@H]2CN(Cc3ccc(F)cn3)CCO2)ccn1. The third-order valence-corrected chi connectivity index (χ3v) is 4.00. The minimum atomic E-state index is -0.301. The molecule has 5 nitrogen and oxygen atoms in total. The number of morpholine rings is 1. The Balaban J connectivity index is 1.50. The predicted molar refractivity (Wildman–Crippen MR) is 86.2 cm³/mol. The molecule has 1 fully saturated rings. The molecule has 0 aliphatic carbocycles. The maximum atomic E-state index is 12.9. The summed E-state index contributed by atoms with van der Waals surface area (Å²) in [5.41, 5.74) is 7.76. The van der Waals surface area contributed by atoms with Crippen LogP contribution in [0.25, 0.3) is 0 Å². The lowest BCUT2D eigenvalue weighted by Gasteiger charge is -2.32. The van der Waals surface area contributed by atoms with E-state index in [1.54, 1.807) is 12.3 Å². The maximum absolute atomic E-state index is 12.9. The van der Waals surface area contributed by atoms with Gasteiger partial charge in [0.05, 0.1) is 24.6 Å². The van der Waals surface area contributed by atoms with Crippen molar-refractivity contribution < 1.29 is 9.13 Å². The molecule has 0 bridgehead atoms. The van der Waals surface area contributed by atoms with Crippen LogP contribution in [0, 0.1) is 5.82 Å². The monoisotopic (exact) mass is 316 g/mol. The van der Waals surface area contributed by atoms with Gasteiger partial charge in [-0.3, -0.25) is 9.88 Å². The summed E-state index contributed by atoms with van der Waals surface area (Å²) < 4.78 is 18.8. The largest absolute Gasteiger partial charge is 0.384 e. The summed E-state index contributed by atoms with van der Waals surface area (Å²) in [6.45, 7) is 3.17. The van der Waals surface area contributed by atoms with E-state index in [9.17, 15) is 4.39 Å². The molecule has 0 spiro atoms. The van der Waals surface area contributed by atoms with Gasteiger partial charge in [-0.05, 0) is 42.7 Å². The molecule has 0 saturated carbocycles. The number of rotatable bonds is 5. The molecule has 1 aliphatic rings. The fourth-order valence-corrected chi connectivity index (χ4v) is 2.81. The average Bonchev–Trinajstić information content (AvgIpc) is 2.56. The minimum Gasteiger partial charge on any atom is -0.384 e. The average molecular weight is 316 g/mol. The van der Waals surface area contributed by atoms with Crippen molar-refractivity contribution in [2.24, 2.45) is 0 Å². The molecule has 0 aromatic carbocycles. The molecular formula is C17H21FN4O. The Morgan fingerprint density at radius 3 is 3.00 bits per heavy atom. The van der Waals surface area contributed by atoms with Crippen LogP contribution in [0.3, 0.4) is 0 Å². The lowest BCUT2D eigenvalue weighted by Crippen LogP contribution is -2.42. The number of nitrogens with two attached hydrogens (primary N) is 1. The fourth-order valence-electron chi connectivity index (χ4n) is 2.81. The number of aromatic nitrogens is 2. The van der Waals surface area contributed by atoms with Gasteiger partial charge in [-0.2, -0.15) is 0 Å². The highest BCUT2D eigenvalue weighted by atomic mass is 19.1. The van der Waals surface area contributed by atoms with E-state index in [0.29, 0.717) is 12.4 Å². The summed E-state index contributed by atoms with van der Waals surface area (Å²) in [5.74, 6) is 0.251. The fraction of sp³-hybridized carbons (Fsp3) is 0.412. The first-order chi connectivity index (χ1) is 11.2. The van der Waals surface area contributed by atoms with Gasteiger partial charge in [0.15, 0.2) is 0 Å². The molecule has 122 valence electrons. The second kappa shape index (κ2) is 7.48. The van der Waals surface area contributed by atoms with E-state index in [-0.39, 0.29) is 11.9 Å². The number of anilines is 1. The van der Waals surface area contributed by atoms with Gasteiger partial charge >= 0.3 is 0 Å². The summed E-state index contributed by atoms with van der Waals surface area (Å²) in [6, 6.07) is 7.08. The first kappa shape index (κ1) is 15.8. The Labute approximate surface area is 135 Å². The molecule has 0 radical (unpaired) electrons. The van der Waals surface area contributed by atoms with Crippen molar-refractivity contribution in [3.05, 3.63) is 53.7 Å². The Morgan fingerprint density at radius 2 is 2.22 bits per heavy atom. The van der Waals surface area contributed by atoms with Gasteiger partial charge in [0, 0.05) is 25.8 Å².